The van der Waals surface area contributed by atoms with Gasteiger partial charge in [-0.3, -0.25) is 9.36 Å². The Labute approximate surface area is 157 Å². The first-order valence-electron chi connectivity index (χ1n) is 8.36. The lowest BCUT2D eigenvalue weighted by atomic mass is 10.1. The molecule has 0 unspecified atom stereocenters. The lowest BCUT2D eigenvalue weighted by Crippen LogP contribution is -2.36. The molecule has 0 radical (unpaired) electrons. The summed E-state index contributed by atoms with van der Waals surface area (Å²) in [6.45, 7) is 1.54. The summed E-state index contributed by atoms with van der Waals surface area (Å²) in [5, 5.41) is 21.9. The van der Waals surface area contributed by atoms with E-state index >= 15 is 0 Å². The molecule has 0 bridgehead atoms. The smallest absolute Gasteiger partial charge is 0.351 e. The van der Waals surface area contributed by atoms with Gasteiger partial charge in [0.05, 0.1) is 12.3 Å². The highest BCUT2D eigenvalue weighted by Crippen LogP contribution is 2.33. The van der Waals surface area contributed by atoms with Crippen LogP contribution in [0, 0.1) is 5.82 Å². The van der Waals surface area contributed by atoms with Crippen LogP contribution in [-0.4, -0.2) is 50.8 Å². The third-order valence-electron chi connectivity index (χ3n) is 4.52. The molecular formula is C17H16FN3O7. The summed E-state index contributed by atoms with van der Waals surface area (Å²) in [5.41, 5.74) is -0.811. The molecule has 4 atom stereocenters. The summed E-state index contributed by atoms with van der Waals surface area (Å²) in [6.07, 6.45) is -3.95. The number of ether oxygens (including phenoxy) is 3. The third-order valence-corrected chi connectivity index (χ3v) is 4.52. The van der Waals surface area contributed by atoms with Crippen LogP contribution in [-0.2, 0) is 4.74 Å². The Morgan fingerprint density at radius 3 is 2.75 bits per heavy atom. The van der Waals surface area contributed by atoms with E-state index in [-0.39, 0.29) is 12.4 Å². The third kappa shape index (κ3) is 3.09. The van der Waals surface area contributed by atoms with E-state index in [4.69, 9.17) is 14.2 Å². The van der Waals surface area contributed by atoms with Crippen molar-refractivity contribution >= 4 is 11.7 Å². The van der Waals surface area contributed by atoms with Gasteiger partial charge in [0, 0.05) is 5.56 Å². The summed E-state index contributed by atoms with van der Waals surface area (Å²) in [7, 11) is 0. The van der Waals surface area contributed by atoms with Crippen molar-refractivity contribution in [2.75, 3.05) is 12.1 Å². The maximum atomic E-state index is 14.4. The number of halogens is 1. The van der Waals surface area contributed by atoms with Crippen LogP contribution in [0.25, 0.3) is 0 Å². The second-order valence-corrected chi connectivity index (χ2v) is 6.36. The largest absolute Gasteiger partial charge is 0.454 e. The summed E-state index contributed by atoms with van der Waals surface area (Å²) in [4.78, 5) is 28.1. The van der Waals surface area contributed by atoms with Gasteiger partial charge in [0.25, 0.3) is 5.91 Å². The van der Waals surface area contributed by atoms with Crippen molar-refractivity contribution in [1.82, 2.24) is 9.55 Å². The van der Waals surface area contributed by atoms with Crippen LogP contribution in [0.4, 0.5) is 10.2 Å². The fourth-order valence-corrected chi connectivity index (χ4v) is 2.99. The predicted molar refractivity (Wildman–Crippen MR) is 90.6 cm³/mol. The maximum Gasteiger partial charge on any atom is 0.351 e. The van der Waals surface area contributed by atoms with E-state index in [1.165, 1.54) is 25.1 Å². The number of nitrogens with zero attached hydrogens (tertiary/aromatic N) is 2. The Bertz CT molecular complexity index is 995. The zero-order valence-corrected chi connectivity index (χ0v) is 14.5. The lowest BCUT2D eigenvalue weighted by Gasteiger charge is -2.17. The molecule has 3 heterocycles. The van der Waals surface area contributed by atoms with Crippen LogP contribution >= 0.6 is 0 Å². The minimum atomic E-state index is -1.43. The normalized spacial score (nSPS) is 25.7. The average molecular weight is 393 g/mol. The Kier molecular flexibility index (Phi) is 4.49. The van der Waals surface area contributed by atoms with Gasteiger partial charge in [-0.05, 0) is 25.1 Å². The van der Waals surface area contributed by atoms with E-state index in [9.17, 15) is 24.2 Å². The van der Waals surface area contributed by atoms with E-state index in [0.29, 0.717) is 11.5 Å². The fraction of sp³-hybridized carbons (Fsp3) is 0.353. The molecule has 1 amide bonds. The number of aromatic nitrogens is 2. The quantitative estimate of drug-likeness (QED) is 0.664. The second kappa shape index (κ2) is 6.86. The topological polar surface area (TPSA) is 132 Å². The van der Waals surface area contributed by atoms with Crippen molar-refractivity contribution in [2.24, 2.45) is 0 Å². The number of aliphatic hydroxyl groups excluding tert-OH is 2. The summed E-state index contributed by atoms with van der Waals surface area (Å²) in [6, 6.07) is 4.40. The highest BCUT2D eigenvalue weighted by molar-refractivity contribution is 6.04. The van der Waals surface area contributed by atoms with Crippen molar-refractivity contribution in [2.45, 2.75) is 31.5 Å². The van der Waals surface area contributed by atoms with Crippen molar-refractivity contribution in [3.63, 3.8) is 0 Å². The number of carbonyl (C=O) groups is 1. The van der Waals surface area contributed by atoms with E-state index in [0.717, 1.165) is 10.8 Å². The maximum absolute atomic E-state index is 14.4. The minimum Gasteiger partial charge on any atom is -0.454 e. The van der Waals surface area contributed by atoms with Crippen molar-refractivity contribution in [3.8, 4) is 11.5 Å². The molecule has 0 saturated carbocycles. The van der Waals surface area contributed by atoms with Crippen molar-refractivity contribution < 1.29 is 33.6 Å². The van der Waals surface area contributed by atoms with Gasteiger partial charge in [-0.15, -0.1) is 0 Å². The number of hydrogen-bond donors (Lipinski definition) is 3. The SMILES string of the molecule is C[C@H]1O[C@@H](n2cc(F)c(NC(=O)c3ccc4c(c3)OCO4)nc2=O)[C@H](O)[C@@H]1O. The van der Waals surface area contributed by atoms with E-state index in [2.05, 4.69) is 10.3 Å². The molecule has 11 heteroatoms. The Morgan fingerprint density at radius 2 is 2.04 bits per heavy atom. The van der Waals surface area contributed by atoms with Gasteiger partial charge in [-0.1, -0.05) is 0 Å². The molecule has 1 saturated heterocycles. The van der Waals surface area contributed by atoms with E-state index in [1.54, 1.807) is 0 Å². The van der Waals surface area contributed by atoms with Crippen LogP contribution in [0.1, 0.15) is 23.5 Å². The van der Waals surface area contributed by atoms with Crippen LogP contribution < -0.4 is 20.5 Å². The molecule has 2 aliphatic rings. The molecular weight excluding hydrogens is 377 g/mol. The van der Waals surface area contributed by atoms with Crippen molar-refractivity contribution in [3.05, 3.63) is 46.3 Å². The number of fused-ring (bicyclic) bond motifs is 1. The lowest BCUT2D eigenvalue weighted by molar-refractivity contribution is -0.0355. The Balaban J connectivity index is 1.57. The number of aliphatic hydroxyl groups is 2. The monoisotopic (exact) mass is 393 g/mol. The molecule has 148 valence electrons. The molecule has 2 aliphatic heterocycles. The second-order valence-electron chi connectivity index (χ2n) is 6.36. The number of anilines is 1. The molecule has 3 N–H and O–H groups in total. The van der Waals surface area contributed by atoms with Crippen LogP contribution in [0.3, 0.4) is 0 Å². The van der Waals surface area contributed by atoms with Crippen molar-refractivity contribution in [1.29, 1.82) is 0 Å². The molecule has 2 aromatic rings. The molecule has 1 fully saturated rings. The van der Waals surface area contributed by atoms with Gasteiger partial charge in [0.15, 0.2) is 29.4 Å². The van der Waals surface area contributed by atoms with E-state index < -0.39 is 47.8 Å². The van der Waals surface area contributed by atoms with Gasteiger partial charge in [-0.2, -0.15) is 4.98 Å². The first-order valence-corrected chi connectivity index (χ1v) is 8.36. The first-order chi connectivity index (χ1) is 13.3. The molecule has 1 aromatic carbocycles. The number of nitrogens with one attached hydrogen (secondary N) is 1. The Hall–Kier alpha value is -3.02. The minimum absolute atomic E-state index is 0.0389. The van der Waals surface area contributed by atoms with Crippen LogP contribution in [0.15, 0.2) is 29.2 Å². The highest BCUT2D eigenvalue weighted by atomic mass is 19.1. The van der Waals surface area contributed by atoms with Gasteiger partial charge >= 0.3 is 5.69 Å². The zero-order valence-electron chi connectivity index (χ0n) is 14.5. The number of benzene rings is 1. The molecule has 0 aliphatic carbocycles. The number of carbonyl (C=O) groups excluding carboxylic acids is 1. The van der Waals surface area contributed by atoms with E-state index in [1.807, 2.05) is 0 Å². The summed E-state index contributed by atoms with van der Waals surface area (Å²) < 4.78 is 30.8. The summed E-state index contributed by atoms with van der Waals surface area (Å²) in [5.74, 6) is -1.45. The van der Waals surface area contributed by atoms with Crippen LogP contribution in [0.5, 0.6) is 11.5 Å². The van der Waals surface area contributed by atoms with Gasteiger partial charge in [0.2, 0.25) is 6.79 Å². The molecule has 28 heavy (non-hydrogen) atoms. The molecule has 0 spiro atoms. The number of amides is 1. The number of hydrogen-bond acceptors (Lipinski definition) is 8. The first kappa shape index (κ1) is 18.3. The van der Waals surface area contributed by atoms with Crippen LogP contribution in [0.2, 0.25) is 0 Å². The standard InChI is InChI=1S/C17H16FN3O7/c1-7-12(22)13(23)16(28-7)21-5-9(18)14(20-17(21)25)19-15(24)8-2-3-10-11(4-8)27-6-26-10/h2-5,7,12-13,16,22-23H,6H2,1H3,(H,19,20,24,25)/t7-,12-,13-,16-/m1/s1. The van der Waals surface area contributed by atoms with Gasteiger partial charge in [-0.25, -0.2) is 9.18 Å². The summed E-state index contributed by atoms with van der Waals surface area (Å²) >= 11 is 0. The van der Waals surface area contributed by atoms with Gasteiger partial charge < -0.3 is 29.7 Å². The molecule has 10 nitrogen and oxygen atoms in total. The fourth-order valence-electron chi connectivity index (χ4n) is 2.99. The zero-order chi connectivity index (χ0) is 20.0. The molecule has 1 aromatic heterocycles. The molecule has 4 rings (SSSR count). The van der Waals surface area contributed by atoms with Gasteiger partial charge in [0.1, 0.15) is 12.2 Å². The highest BCUT2D eigenvalue weighted by Gasteiger charge is 2.42. The Morgan fingerprint density at radius 1 is 1.29 bits per heavy atom. The number of rotatable bonds is 3. The average Bonchev–Trinajstić information content (AvgIpc) is 3.24. The predicted octanol–water partition coefficient (Wildman–Crippen LogP) is 0.00250.